The molecule has 2 aromatic carbocycles. The zero-order valence-electron chi connectivity index (χ0n) is 13.6. The van der Waals surface area contributed by atoms with Crippen LogP contribution in [-0.4, -0.2) is 34.0 Å². The van der Waals surface area contributed by atoms with Crippen LogP contribution in [0.3, 0.4) is 0 Å². The topological polar surface area (TPSA) is 61.5 Å². The fourth-order valence-electron chi connectivity index (χ4n) is 2.69. The van der Waals surface area contributed by atoms with Crippen molar-refractivity contribution in [3.05, 3.63) is 48.0 Å². The van der Waals surface area contributed by atoms with Crippen molar-refractivity contribution in [2.24, 2.45) is 0 Å². The van der Waals surface area contributed by atoms with Gasteiger partial charge in [-0.1, -0.05) is 29.8 Å². The molecule has 4 rings (SSSR count). The zero-order valence-corrected chi connectivity index (χ0v) is 13.6. The van der Waals surface area contributed by atoms with Crippen molar-refractivity contribution in [3.63, 3.8) is 0 Å². The Morgan fingerprint density at radius 2 is 1.71 bits per heavy atom. The molecule has 0 saturated carbocycles. The summed E-state index contributed by atoms with van der Waals surface area (Å²) in [5.74, 6) is 1.28. The summed E-state index contributed by atoms with van der Waals surface area (Å²) < 4.78 is 12.5. The van der Waals surface area contributed by atoms with Gasteiger partial charge < -0.3 is 9.47 Å². The maximum absolute atomic E-state index is 5.40. The third-order valence-corrected chi connectivity index (χ3v) is 4.00. The molecule has 0 aliphatic rings. The van der Waals surface area contributed by atoms with E-state index in [4.69, 9.17) is 14.6 Å². The molecule has 24 heavy (non-hydrogen) atoms. The fraction of sp³-hybridized carbons (Fsp3) is 0.167. The molecule has 0 N–H and O–H groups in total. The van der Waals surface area contributed by atoms with Crippen LogP contribution in [0.15, 0.2) is 42.5 Å². The second-order valence-corrected chi connectivity index (χ2v) is 5.56. The van der Waals surface area contributed by atoms with Gasteiger partial charge >= 0.3 is 0 Å². The molecule has 2 aromatic heterocycles. The highest BCUT2D eigenvalue weighted by molar-refractivity contribution is 5.84. The summed E-state index contributed by atoms with van der Waals surface area (Å²) in [4.78, 5) is 0. The van der Waals surface area contributed by atoms with E-state index >= 15 is 0 Å². The molecule has 0 unspecified atom stereocenters. The van der Waals surface area contributed by atoms with Crippen LogP contribution < -0.4 is 9.47 Å². The third kappa shape index (κ3) is 2.23. The minimum absolute atomic E-state index is 0.603. The van der Waals surface area contributed by atoms with Crippen molar-refractivity contribution in [2.75, 3.05) is 14.2 Å². The lowest BCUT2D eigenvalue weighted by molar-refractivity contribution is 0.397. The molecule has 0 aliphatic heterocycles. The van der Waals surface area contributed by atoms with Gasteiger partial charge in [0, 0.05) is 23.8 Å². The standard InChI is InChI=1S/C18H16N4O2/c1-11-4-6-12(7-5-11)14-10-17-19-20-18-15(22(17)21-14)8-13(23-2)9-16(18)24-3/h4-10H,1-3H3. The molecule has 4 aromatic rings. The molecule has 6 heteroatoms. The molecular weight excluding hydrogens is 304 g/mol. The largest absolute Gasteiger partial charge is 0.497 e. The first-order valence-corrected chi connectivity index (χ1v) is 7.55. The number of nitrogens with zero attached hydrogens (tertiary/aromatic N) is 4. The average Bonchev–Trinajstić information content (AvgIpc) is 3.05. The molecule has 0 fully saturated rings. The van der Waals surface area contributed by atoms with Crippen molar-refractivity contribution in [2.45, 2.75) is 6.92 Å². The first kappa shape index (κ1) is 14.4. The number of methoxy groups -OCH3 is 2. The Bertz CT molecular complexity index is 1040. The average molecular weight is 320 g/mol. The Morgan fingerprint density at radius 3 is 2.42 bits per heavy atom. The Kier molecular flexibility index (Phi) is 3.30. The number of aromatic nitrogens is 4. The SMILES string of the molecule is COc1cc(OC)c2nnc3cc(-c4ccc(C)cc4)nn3c2c1. The van der Waals surface area contributed by atoms with Gasteiger partial charge in [-0.25, -0.2) is 4.52 Å². The molecule has 0 aliphatic carbocycles. The van der Waals surface area contributed by atoms with Gasteiger partial charge in [-0.3, -0.25) is 0 Å². The minimum Gasteiger partial charge on any atom is -0.497 e. The van der Waals surface area contributed by atoms with Crippen molar-refractivity contribution in [1.82, 2.24) is 19.8 Å². The van der Waals surface area contributed by atoms with E-state index in [9.17, 15) is 0 Å². The number of fused-ring (bicyclic) bond motifs is 3. The minimum atomic E-state index is 0.603. The monoisotopic (exact) mass is 320 g/mol. The molecule has 0 amide bonds. The lowest BCUT2D eigenvalue weighted by Gasteiger charge is -2.08. The maximum atomic E-state index is 5.40. The second-order valence-electron chi connectivity index (χ2n) is 5.56. The predicted octanol–water partition coefficient (Wildman–Crippen LogP) is 3.27. The summed E-state index contributed by atoms with van der Waals surface area (Å²) in [7, 11) is 3.22. The van der Waals surface area contributed by atoms with Crippen molar-refractivity contribution < 1.29 is 9.47 Å². The summed E-state index contributed by atoms with van der Waals surface area (Å²) in [5, 5.41) is 13.2. The fourth-order valence-corrected chi connectivity index (χ4v) is 2.69. The Labute approximate surface area is 138 Å². The normalized spacial score (nSPS) is 11.1. The molecule has 6 nitrogen and oxygen atoms in total. The van der Waals surface area contributed by atoms with E-state index in [2.05, 4.69) is 29.3 Å². The van der Waals surface area contributed by atoms with Crippen molar-refractivity contribution in [1.29, 1.82) is 0 Å². The first-order chi connectivity index (χ1) is 11.7. The highest BCUT2D eigenvalue weighted by Gasteiger charge is 2.14. The van der Waals surface area contributed by atoms with Crippen LogP contribution in [0.1, 0.15) is 5.56 Å². The molecule has 2 heterocycles. The van der Waals surface area contributed by atoms with Gasteiger partial charge in [-0.2, -0.15) is 5.10 Å². The van der Waals surface area contributed by atoms with Crippen LogP contribution in [0.2, 0.25) is 0 Å². The Morgan fingerprint density at radius 1 is 0.917 bits per heavy atom. The molecule has 0 spiro atoms. The molecule has 0 atom stereocenters. The van der Waals surface area contributed by atoms with Crippen molar-refractivity contribution >= 4 is 16.7 Å². The summed E-state index contributed by atoms with van der Waals surface area (Å²) >= 11 is 0. The molecule has 120 valence electrons. The lowest BCUT2D eigenvalue weighted by Crippen LogP contribution is -1.99. The van der Waals surface area contributed by atoms with E-state index in [0.717, 1.165) is 16.8 Å². The maximum Gasteiger partial charge on any atom is 0.178 e. The number of aryl methyl sites for hydroxylation is 1. The summed E-state index contributed by atoms with van der Waals surface area (Å²) in [6, 6.07) is 13.8. The Hall–Kier alpha value is -3.15. The molecule has 0 saturated heterocycles. The molecular formula is C18H16N4O2. The van der Waals surface area contributed by atoms with E-state index in [0.29, 0.717) is 22.7 Å². The van der Waals surface area contributed by atoms with Crippen molar-refractivity contribution in [3.8, 4) is 22.8 Å². The van der Waals surface area contributed by atoms with Gasteiger partial charge in [0.1, 0.15) is 11.3 Å². The highest BCUT2D eigenvalue weighted by Crippen LogP contribution is 2.30. The van der Waals surface area contributed by atoms with Gasteiger partial charge in [0.2, 0.25) is 0 Å². The summed E-state index contributed by atoms with van der Waals surface area (Å²) in [5.41, 5.74) is 5.20. The van der Waals surface area contributed by atoms with E-state index in [1.807, 2.05) is 24.3 Å². The third-order valence-electron chi connectivity index (χ3n) is 4.00. The van der Waals surface area contributed by atoms with Gasteiger partial charge in [0.15, 0.2) is 16.9 Å². The zero-order chi connectivity index (χ0) is 16.7. The van der Waals surface area contributed by atoms with E-state index in [-0.39, 0.29) is 0 Å². The highest BCUT2D eigenvalue weighted by atomic mass is 16.5. The molecule has 0 bridgehead atoms. The van der Waals surface area contributed by atoms with Crippen LogP contribution >= 0.6 is 0 Å². The van der Waals surface area contributed by atoms with E-state index in [1.165, 1.54) is 5.56 Å². The van der Waals surface area contributed by atoms with Crippen LogP contribution in [-0.2, 0) is 0 Å². The number of benzene rings is 2. The molecule has 0 radical (unpaired) electrons. The predicted molar refractivity (Wildman–Crippen MR) is 91.6 cm³/mol. The quantitative estimate of drug-likeness (QED) is 0.580. The number of hydrogen-bond acceptors (Lipinski definition) is 5. The smallest absolute Gasteiger partial charge is 0.178 e. The summed E-state index contributed by atoms with van der Waals surface area (Å²) in [6.45, 7) is 2.06. The Balaban J connectivity index is 1.99. The van der Waals surface area contributed by atoms with Crippen LogP contribution in [0, 0.1) is 6.92 Å². The number of hydrogen-bond donors (Lipinski definition) is 0. The van der Waals surface area contributed by atoms with Gasteiger partial charge in [-0.05, 0) is 6.92 Å². The van der Waals surface area contributed by atoms with Crippen LogP contribution in [0.25, 0.3) is 27.9 Å². The number of rotatable bonds is 3. The van der Waals surface area contributed by atoms with Crippen LogP contribution in [0.5, 0.6) is 11.5 Å². The van der Waals surface area contributed by atoms with E-state index < -0.39 is 0 Å². The van der Waals surface area contributed by atoms with Gasteiger partial charge in [0.05, 0.1) is 19.9 Å². The summed E-state index contributed by atoms with van der Waals surface area (Å²) in [6.07, 6.45) is 0. The lowest BCUT2D eigenvalue weighted by atomic mass is 10.1. The van der Waals surface area contributed by atoms with Gasteiger partial charge in [0.25, 0.3) is 0 Å². The van der Waals surface area contributed by atoms with E-state index in [1.54, 1.807) is 24.8 Å². The first-order valence-electron chi connectivity index (χ1n) is 7.55. The second kappa shape index (κ2) is 5.49. The van der Waals surface area contributed by atoms with Gasteiger partial charge in [-0.15, -0.1) is 10.2 Å². The van der Waals surface area contributed by atoms with Crippen LogP contribution in [0.4, 0.5) is 0 Å². The number of ether oxygens (including phenoxy) is 2.